The molecule has 3 N–H and O–H groups in total. The number of carboxylic acid groups (broad SMARTS) is 1. The van der Waals surface area contributed by atoms with Crippen LogP contribution in [0.2, 0.25) is 0 Å². The van der Waals surface area contributed by atoms with E-state index >= 15 is 0 Å². The molecule has 2 amide bonds. The normalized spacial score (nSPS) is 16.0. The lowest BCUT2D eigenvalue weighted by molar-refractivity contribution is 0.0698. The fourth-order valence-electron chi connectivity index (χ4n) is 2.35. The van der Waals surface area contributed by atoms with Crippen molar-refractivity contribution in [3.05, 3.63) is 17.0 Å². The first kappa shape index (κ1) is 13.9. The van der Waals surface area contributed by atoms with E-state index in [9.17, 15) is 9.59 Å². The van der Waals surface area contributed by atoms with E-state index in [0.29, 0.717) is 17.5 Å². The third kappa shape index (κ3) is 3.96. The molecule has 0 bridgehead atoms. The summed E-state index contributed by atoms with van der Waals surface area (Å²) < 4.78 is 0. The van der Waals surface area contributed by atoms with Gasteiger partial charge < -0.3 is 10.4 Å². The highest BCUT2D eigenvalue weighted by Gasteiger charge is 2.16. The first-order valence-corrected chi connectivity index (χ1v) is 7.40. The van der Waals surface area contributed by atoms with E-state index in [-0.39, 0.29) is 11.6 Å². The Kier molecular flexibility index (Phi) is 4.79. The zero-order chi connectivity index (χ0) is 13.7. The number of aromatic carboxylic acids is 1. The lowest BCUT2D eigenvalue weighted by Crippen LogP contribution is -2.33. The molecule has 1 aromatic rings. The van der Waals surface area contributed by atoms with Gasteiger partial charge in [-0.15, -0.1) is 11.3 Å². The van der Waals surface area contributed by atoms with Gasteiger partial charge in [-0.3, -0.25) is 5.32 Å². The fraction of sp³-hybridized carbons (Fsp3) is 0.538. The molecular weight excluding hydrogens is 264 g/mol. The number of rotatable bonds is 4. The summed E-state index contributed by atoms with van der Waals surface area (Å²) in [5.41, 5.74) is 0.137. The Morgan fingerprint density at radius 2 is 2.05 bits per heavy atom. The number of nitrogens with one attached hydrogen (secondary N) is 2. The van der Waals surface area contributed by atoms with Gasteiger partial charge in [-0.25, -0.2) is 9.59 Å². The maximum Gasteiger partial charge on any atom is 0.338 e. The SMILES string of the molecule is O=C(NCC1CCCCC1)Nc1sccc1C(=O)O. The van der Waals surface area contributed by atoms with Gasteiger partial charge in [0.15, 0.2) is 0 Å². The molecule has 1 aliphatic rings. The van der Waals surface area contributed by atoms with Crippen molar-refractivity contribution in [1.82, 2.24) is 5.32 Å². The average molecular weight is 282 g/mol. The molecule has 0 saturated heterocycles. The van der Waals surface area contributed by atoms with Crippen LogP contribution in [0.4, 0.5) is 9.80 Å². The molecule has 0 spiro atoms. The summed E-state index contributed by atoms with van der Waals surface area (Å²) >= 11 is 1.21. The van der Waals surface area contributed by atoms with E-state index in [0.717, 1.165) is 0 Å². The van der Waals surface area contributed by atoms with E-state index in [4.69, 9.17) is 5.11 Å². The lowest BCUT2D eigenvalue weighted by atomic mass is 9.89. The molecule has 0 radical (unpaired) electrons. The van der Waals surface area contributed by atoms with Crippen LogP contribution in [-0.4, -0.2) is 23.7 Å². The highest BCUT2D eigenvalue weighted by atomic mass is 32.1. The molecule has 1 aromatic heterocycles. The number of anilines is 1. The number of hydrogen-bond acceptors (Lipinski definition) is 3. The summed E-state index contributed by atoms with van der Waals surface area (Å²) in [6, 6.07) is 1.17. The Labute approximate surface area is 116 Å². The van der Waals surface area contributed by atoms with Crippen LogP contribution in [0, 0.1) is 5.92 Å². The standard InChI is InChI=1S/C13H18N2O3S/c16-12(17)10-6-7-19-11(10)15-13(18)14-8-9-4-2-1-3-5-9/h6-7,9H,1-5,8H2,(H,16,17)(H2,14,15,18). The first-order valence-electron chi connectivity index (χ1n) is 6.52. The second kappa shape index (κ2) is 6.56. The van der Waals surface area contributed by atoms with E-state index in [1.165, 1.54) is 49.5 Å². The molecule has 1 saturated carbocycles. The first-order chi connectivity index (χ1) is 9.16. The molecular formula is C13H18N2O3S. The second-order valence-corrected chi connectivity index (χ2v) is 5.72. The minimum atomic E-state index is -1.02. The molecule has 0 aliphatic heterocycles. The number of thiophene rings is 1. The topological polar surface area (TPSA) is 78.4 Å². The van der Waals surface area contributed by atoms with Crippen molar-refractivity contribution in [3.63, 3.8) is 0 Å². The summed E-state index contributed by atoms with van der Waals surface area (Å²) in [4.78, 5) is 22.6. The fourth-order valence-corrected chi connectivity index (χ4v) is 3.12. The van der Waals surface area contributed by atoms with E-state index in [1.54, 1.807) is 5.38 Å². The van der Waals surface area contributed by atoms with E-state index in [1.807, 2.05) is 0 Å². The van der Waals surface area contributed by atoms with Gasteiger partial charge >= 0.3 is 12.0 Å². The third-order valence-corrected chi connectivity index (χ3v) is 4.23. The quantitative estimate of drug-likeness (QED) is 0.793. The van der Waals surface area contributed by atoms with Crippen LogP contribution in [-0.2, 0) is 0 Å². The summed E-state index contributed by atoms with van der Waals surface area (Å²) in [5.74, 6) is -0.467. The minimum Gasteiger partial charge on any atom is -0.478 e. The summed E-state index contributed by atoms with van der Waals surface area (Å²) in [5, 5.41) is 16.4. The van der Waals surface area contributed by atoms with Crippen LogP contribution in [0.5, 0.6) is 0 Å². The highest BCUT2D eigenvalue weighted by molar-refractivity contribution is 7.14. The molecule has 5 nitrogen and oxygen atoms in total. The number of hydrogen-bond donors (Lipinski definition) is 3. The molecule has 1 aliphatic carbocycles. The van der Waals surface area contributed by atoms with Crippen LogP contribution in [0.15, 0.2) is 11.4 Å². The minimum absolute atomic E-state index is 0.137. The van der Waals surface area contributed by atoms with Crippen molar-refractivity contribution < 1.29 is 14.7 Å². The van der Waals surface area contributed by atoms with Gasteiger partial charge in [0.25, 0.3) is 0 Å². The van der Waals surface area contributed by atoms with Gasteiger partial charge in [0.1, 0.15) is 5.00 Å². The van der Waals surface area contributed by atoms with Gasteiger partial charge in [0, 0.05) is 6.54 Å². The predicted molar refractivity (Wildman–Crippen MR) is 74.9 cm³/mol. The molecule has 1 heterocycles. The predicted octanol–water partition coefficient (Wildman–Crippen LogP) is 3.15. The van der Waals surface area contributed by atoms with Crippen molar-refractivity contribution in [1.29, 1.82) is 0 Å². The van der Waals surface area contributed by atoms with Crippen molar-refractivity contribution >= 4 is 28.3 Å². The Bertz CT molecular complexity index is 452. The number of urea groups is 1. The molecule has 104 valence electrons. The maximum absolute atomic E-state index is 11.7. The third-order valence-electron chi connectivity index (χ3n) is 3.40. The Morgan fingerprint density at radius 3 is 2.74 bits per heavy atom. The Morgan fingerprint density at radius 1 is 1.32 bits per heavy atom. The zero-order valence-electron chi connectivity index (χ0n) is 10.6. The van der Waals surface area contributed by atoms with Crippen LogP contribution in [0.1, 0.15) is 42.5 Å². The zero-order valence-corrected chi connectivity index (χ0v) is 11.5. The smallest absolute Gasteiger partial charge is 0.338 e. The van der Waals surface area contributed by atoms with Crippen LogP contribution >= 0.6 is 11.3 Å². The number of carbonyl (C=O) groups is 2. The highest BCUT2D eigenvalue weighted by Crippen LogP contribution is 2.24. The van der Waals surface area contributed by atoms with Crippen molar-refractivity contribution in [2.45, 2.75) is 32.1 Å². The largest absolute Gasteiger partial charge is 0.478 e. The van der Waals surface area contributed by atoms with Crippen molar-refractivity contribution in [2.24, 2.45) is 5.92 Å². The van der Waals surface area contributed by atoms with Crippen LogP contribution in [0.25, 0.3) is 0 Å². The van der Waals surface area contributed by atoms with Crippen LogP contribution in [0.3, 0.4) is 0 Å². The van der Waals surface area contributed by atoms with Gasteiger partial charge in [-0.05, 0) is 30.2 Å². The van der Waals surface area contributed by atoms with Gasteiger partial charge in [-0.1, -0.05) is 19.3 Å². The number of carbonyl (C=O) groups excluding carboxylic acids is 1. The molecule has 0 atom stereocenters. The summed E-state index contributed by atoms with van der Waals surface area (Å²) in [6.45, 7) is 0.666. The second-order valence-electron chi connectivity index (χ2n) is 4.81. The van der Waals surface area contributed by atoms with Gasteiger partial charge in [-0.2, -0.15) is 0 Å². The molecule has 19 heavy (non-hydrogen) atoms. The number of amides is 2. The van der Waals surface area contributed by atoms with Crippen molar-refractivity contribution in [2.75, 3.05) is 11.9 Å². The molecule has 1 fully saturated rings. The van der Waals surface area contributed by atoms with Crippen LogP contribution < -0.4 is 10.6 Å². The van der Waals surface area contributed by atoms with E-state index < -0.39 is 5.97 Å². The molecule has 0 unspecified atom stereocenters. The Hall–Kier alpha value is -1.56. The monoisotopic (exact) mass is 282 g/mol. The van der Waals surface area contributed by atoms with E-state index in [2.05, 4.69) is 10.6 Å². The Balaban J connectivity index is 1.80. The van der Waals surface area contributed by atoms with Crippen molar-refractivity contribution in [3.8, 4) is 0 Å². The maximum atomic E-state index is 11.7. The summed E-state index contributed by atoms with van der Waals surface area (Å²) in [6.07, 6.45) is 6.10. The number of carboxylic acids is 1. The molecule has 0 aromatic carbocycles. The molecule has 2 rings (SSSR count). The lowest BCUT2D eigenvalue weighted by Gasteiger charge is -2.21. The average Bonchev–Trinajstić information content (AvgIpc) is 2.86. The molecule has 6 heteroatoms. The summed E-state index contributed by atoms with van der Waals surface area (Å²) in [7, 11) is 0. The van der Waals surface area contributed by atoms with Gasteiger partial charge in [0.2, 0.25) is 0 Å². The van der Waals surface area contributed by atoms with Gasteiger partial charge in [0.05, 0.1) is 5.56 Å².